The number of carbonyl (C=O) groups is 2. The lowest BCUT2D eigenvalue weighted by molar-refractivity contribution is -0.216. The van der Waals surface area contributed by atoms with E-state index in [1.165, 1.54) is 38.5 Å². The minimum Gasteiger partial charge on any atom is -0.462 e. The van der Waals surface area contributed by atoms with Crippen LogP contribution in [0.5, 0.6) is 0 Å². The van der Waals surface area contributed by atoms with Gasteiger partial charge in [0.1, 0.15) is 43.2 Å². The van der Waals surface area contributed by atoms with Crippen molar-refractivity contribution < 1.29 is 87.1 Å². The number of aliphatic hydroxyl groups excluding tert-OH is 6. The first-order chi connectivity index (χ1) is 30.9. The van der Waals surface area contributed by atoms with E-state index in [9.17, 15) is 54.3 Å². The van der Waals surface area contributed by atoms with Crippen LogP contribution in [-0.2, 0) is 41.8 Å². The van der Waals surface area contributed by atoms with E-state index >= 15 is 0 Å². The SMILES string of the molecule is CCCCC/C=C\C[C@H](O)[C@@H](O)CCCCCCCC(=O)O[C@H](COC(=O)CCCCCCC/C=C\CCCCCCCC)COP(=O)(O)O[C@H]1C(O)C(O)C(O)[C@@H](OP(=O)(O)O)C1O. The molecule has 18 nitrogen and oxygen atoms in total. The molecule has 0 bridgehead atoms. The molecule has 1 saturated carbocycles. The van der Waals surface area contributed by atoms with E-state index in [0.717, 1.165) is 77.0 Å². The van der Waals surface area contributed by atoms with Gasteiger partial charge in [0.15, 0.2) is 6.10 Å². The van der Waals surface area contributed by atoms with Gasteiger partial charge in [-0.25, -0.2) is 9.13 Å². The largest absolute Gasteiger partial charge is 0.472 e. The maximum absolute atomic E-state index is 13.0. The van der Waals surface area contributed by atoms with Crippen molar-refractivity contribution in [1.82, 2.24) is 0 Å². The predicted molar refractivity (Wildman–Crippen MR) is 244 cm³/mol. The lowest BCUT2D eigenvalue weighted by atomic mass is 9.85. The normalized spacial score (nSPS) is 22.8. The Bertz CT molecular complexity index is 1390. The maximum Gasteiger partial charge on any atom is 0.472 e. The number of ether oxygens (including phenoxy) is 2. The molecule has 10 atom stereocenters. The van der Waals surface area contributed by atoms with Gasteiger partial charge in [-0.2, -0.15) is 0 Å². The van der Waals surface area contributed by atoms with Crippen LogP contribution in [0.2, 0.25) is 0 Å². The molecule has 65 heavy (non-hydrogen) atoms. The highest BCUT2D eigenvalue weighted by Crippen LogP contribution is 2.49. The molecule has 0 spiro atoms. The van der Waals surface area contributed by atoms with Gasteiger partial charge in [0.2, 0.25) is 0 Å². The van der Waals surface area contributed by atoms with Crippen molar-refractivity contribution in [2.75, 3.05) is 13.2 Å². The second-order valence-corrected chi connectivity index (χ2v) is 19.7. The van der Waals surface area contributed by atoms with Gasteiger partial charge in [-0.1, -0.05) is 128 Å². The van der Waals surface area contributed by atoms with Gasteiger partial charge in [-0.15, -0.1) is 0 Å². The molecular formula is C45H84O18P2. The van der Waals surface area contributed by atoms with Crippen LogP contribution < -0.4 is 0 Å². The summed E-state index contributed by atoms with van der Waals surface area (Å²) < 4.78 is 49.3. The summed E-state index contributed by atoms with van der Waals surface area (Å²) in [4.78, 5) is 54.3. The number of phosphoric acid groups is 2. The number of allylic oxidation sites excluding steroid dienone is 3. The number of phosphoric ester groups is 2. The second kappa shape index (κ2) is 36.4. The average molecular weight is 975 g/mol. The van der Waals surface area contributed by atoms with Crippen LogP contribution in [0.1, 0.15) is 181 Å². The number of rotatable bonds is 40. The zero-order chi connectivity index (χ0) is 48.5. The van der Waals surface area contributed by atoms with E-state index in [1.54, 1.807) is 0 Å². The van der Waals surface area contributed by atoms with E-state index in [2.05, 4.69) is 30.5 Å². The summed E-state index contributed by atoms with van der Waals surface area (Å²) in [5.41, 5.74) is 0. The molecule has 0 aromatic carbocycles. The van der Waals surface area contributed by atoms with Crippen LogP contribution in [0.25, 0.3) is 0 Å². The van der Waals surface area contributed by atoms with Crippen LogP contribution >= 0.6 is 15.6 Å². The first-order valence-corrected chi connectivity index (χ1v) is 27.1. The fourth-order valence-corrected chi connectivity index (χ4v) is 8.82. The zero-order valence-corrected chi connectivity index (χ0v) is 40.7. The highest BCUT2D eigenvalue weighted by molar-refractivity contribution is 7.47. The molecule has 1 fully saturated rings. The fraction of sp³-hybridized carbons (Fsp3) is 0.867. The first-order valence-electron chi connectivity index (χ1n) is 24.1. The fourth-order valence-electron chi connectivity index (χ4n) is 7.28. The third kappa shape index (κ3) is 30.5. The summed E-state index contributed by atoms with van der Waals surface area (Å²) in [5, 5.41) is 61.7. The van der Waals surface area contributed by atoms with Crippen LogP contribution in [-0.4, -0.2) is 125 Å². The van der Waals surface area contributed by atoms with Crippen molar-refractivity contribution >= 4 is 27.6 Å². The molecule has 382 valence electrons. The van der Waals surface area contributed by atoms with Gasteiger partial charge >= 0.3 is 27.6 Å². The molecule has 0 aromatic rings. The monoisotopic (exact) mass is 975 g/mol. The smallest absolute Gasteiger partial charge is 0.462 e. The molecule has 5 unspecified atom stereocenters. The number of aliphatic hydroxyl groups is 6. The Morgan fingerprint density at radius 2 is 1.00 bits per heavy atom. The van der Waals surface area contributed by atoms with Gasteiger partial charge in [-0.05, 0) is 64.2 Å². The van der Waals surface area contributed by atoms with Crippen molar-refractivity contribution in [1.29, 1.82) is 0 Å². The Labute approximate surface area is 387 Å². The molecule has 0 saturated heterocycles. The van der Waals surface area contributed by atoms with Crippen molar-refractivity contribution in [2.45, 2.75) is 236 Å². The summed E-state index contributed by atoms with van der Waals surface area (Å²) in [6.07, 6.45) is 14.3. The molecule has 0 radical (unpaired) electrons. The Morgan fingerprint density at radius 3 is 1.57 bits per heavy atom. The molecule has 0 heterocycles. The quantitative estimate of drug-likeness (QED) is 0.0131. The lowest BCUT2D eigenvalue weighted by Crippen LogP contribution is -2.64. The molecular weight excluding hydrogens is 890 g/mol. The van der Waals surface area contributed by atoms with Crippen molar-refractivity contribution in [3.05, 3.63) is 24.3 Å². The number of carbonyl (C=O) groups excluding carboxylic acids is 2. The lowest BCUT2D eigenvalue weighted by Gasteiger charge is -2.43. The third-order valence-electron chi connectivity index (χ3n) is 11.2. The van der Waals surface area contributed by atoms with Gasteiger partial charge in [0.05, 0.1) is 18.8 Å². The predicted octanol–water partition coefficient (Wildman–Crippen LogP) is 6.90. The Morgan fingerprint density at radius 1 is 0.538 bits per heavy atom. The van der Waals surface area contributed by atoms with Crippen molar-refractivity contribution in [2.24, 2.45) is 0 Å². The summed E-state index contributed by atoms with van der Waals surface area (Å²) >= 11 is 0. The number of esters is 2. The second-order valence-electron chi connectivity index (χ2n) is 17.1. The van der Waals surface area contributed by atoms with E-state index < -0.39 is 95.7 Å². The summed E-state index contributed by atoms with van der Waals surface area (Å²) in [5.74, 6) is -1.32. The van der Waals surface area contributed by atoms with Gasteiger partial charge in [0.25, 0.3) is 0 Å². The summed E-state index contributed by atoms with van der Waals surface area (Å²) in [7, 11) is -10.7. The Balaban J connectivity index is 2.65. The highest BCUT2D eigenvalue weighted by Gasteiger charge is 2.54. The van der Waals surface area contributed by atoms with Crippen LogP contribution in [0.4, 0.5) is 0 Å². The third-order valence-corrected chi connectivity index (χ3v) is 12.7. The van der Waals surface area contributed by atoms with E-state index in [4.69, 9.17) is 28.3 Å². The number of hydrogen-bond donors (Lipinski definition) is 9. The van der Waals surface area contributed by atoms with E-state index in [1.807, 2.05) is 12.2 Å². The van der Waals surface area contributed by atoms with E-state index in [0.29, 0.717) is 38.5 Å². The number of unbranched alkanes of at least 4 members (excludes halogenated alkanes) is 18. The summed E-state index contributed by atoms with van der Waals surface area (Å²) in [6.45, 7) is 2.91. The zero-order valence-electron chi connectivity index (χ0n) is 38.9. The minimum absolute atomic E-state index is 0.0553. The van der Waals surface area contributed by atoms with Gasteiger partial charge in [-0.3, -0.25) is 23.2 Å². The van der Waals surface area contributed by atoms with Gasteiger partial charge < -0.3 is 54.8 Å². The van der Waals surface area contributed by atoms with Crippen LogP contribution in [0.15, 0.2) is 24.3 Å². The molecule has 9 N–H and O–H groups in total. The summed E-state index contributed by atoms with van der Waals surface area (Å²) in [6, 6.07) is 0. The first kappa shape index (κ1) is 61.4. The molecule has 20 heteroatoms. The topological polar surface area (TPSA) is 296 Å². The Hall–Kier alpha value is -1.60. The molecule has 1 aliphatic rings. The number of hydrogen-bond acceptors (Lipinski definition) is 15. The molecule has 0 amide bonds. The molecule has 1 rings (SSSR count). The Kier molecular flexibility index (Phi) is 34.4. The molecule has 1 aliphatic carbocycles. The maximum atomic E-state index is 13.0. The van der Waals surface area contributed by atoms with E-state index in [-0.39, 0.29) is 12.8 Å². The van der Waals surface area contributed by atoms with Crippen molar-refractivity contribution in [3.8, 4) is 0 Å². The minimum atomic E-state index is -5.38. The molecule has 0 aromatic heterocycles. The van der Waals surface area contributed by atoms with Crippen LogP contribution in [0.3, 0.4) is 0 Å². The van der Waals surface area contributed by atoms with Gasteiger partial charge in [0, 0.05) is 12.8 Å². The van der Waals surface area contributed by atoms with Crippen molar-refractivity contribution in [3.63, 3.8) is 0 Å². The molecule has 0 aliphatic heterocycles. The average Bonchev–Trinajstić information content (AvgIpc) is 3.25. The van der Waals surface area contributed by atoms with Crippen LogP contribution in [0, 0.1) is 0 Å². The highest BCUT2D eigenvalue weighted by atomic mass is 31.2. The standard InChI is InChI=1S/C45H84O18P2/c1-3-5-7-9-11-12-13-14-15-16-17-18-19-23-27-31-38(48)59-33-35(34-60-65(57,58)63-45-42(52)40(50)41(51)44(43(45)53)62-64(54,55)56)61-39(49)32-28-24-20-22-26-30-37(47)36(46)29-25-21-10-8-6-4-2/h14-15,21,25,35-37,40-47,50-53H,3-13,16-20,22-24,26-34H2,1-2H3,(H,57,58)(H2,54,55,56)/b15-14-,25-21-/t35-,36+,37+,40?,41?,42?,43?,44-,45+/m1/s1.